The van der Waals surface area contributed by atoms with Crippen LogP contribution in [0.15, 0.2) is 18.5 Å². The Balaban J connectivity index is 2.93. The van der Waals surface area contributed by atoms with Crippen LogP contribution in [0.5, 0.6) is 0 Å². The number of carbonyl (C=O) groups excluding carboxylic acids is 1. The molecule has 0 spiro atoms. The predicted octanol–water partition coefficient (Wildman–Crippen LogP) is 1.03. The summed E-state index contributed by atoms with van der Waals surface area (Å²) in [6.45, 7) is 3.22. The number of rotatable bonds is 1. The molecule has 0 aliphatic rings. The Labute approximate surface area is 47.5 Å². The first-order valence-corrected chi connectivity index (χ1v) is 2.30. The molecule has 0 unspecified atom stereocenters. The second kappa shape index (κ2) is 1.82. The van der Waals surface area contributed by atoms with E-state index in [9.17, 15) is 4.79 Å². The van der Waals surface area contributed by atoms with Crippen molar-refractivity contribution in [2.24, 2.45) is 0 Å². The summed E-state index contributed by atoms with van der Waals surface area (Å²) in [5.41, 5.74) is 0.630. The third-order valence-corrected chi connectivity index (χ3v) is 0.920. The molecular weight excluding hydrogens is 102 g/mol. The van der Waals surface area contributed by atoms with Crippen molar-refractivity contribution in [1.82, 2.24) is 4.98 Å². The van der Waals surface area contributed by atoms with Crippen molar-refractivity contribution in [2.75, 3.05) is 0 Å². The highest BCUT2D eigenvalue weighted by atomic mass is 16.1. The van der Waals surface area contributed by atoms with Crippen molar-refractivity contribution in [3.05, 3.63) is 30.9 Å². The van der Waals surface area contributed by atoms with E-state index < -0.39 is 0 Å². The molecular formula is C6H6NO. The molecule has 0 saturated carbocycles. The number of Topliss-reactive ketones (excluding diaryl/α,β-unsaturated/α-hetero) is 1. The van der Waals surface area contributed by atoms with Crippen molar-refractivity contribution in [1.29, 1.82) is 0 Å². The fraction of sp³-hybridized carbons (Fsp3) is 0. The van der Waals surface area contributed by atoms with Gasteiger partial charge in [-0.2, -0.15) is 0 Å². The lowest BCUT2D eigenvalue weighted by atomic mass is 10.2. The van der Waals surface area contributed by atoms with Gasteiger partial charge in [-0.05, 0) is 6.07 Å². The minimum Gasteiger partial charge on any atom is -0.367 e. The highest BCUT2D eigenvalue weighted by Crippen LogP contribution is 1.94. The zero-order valence-electron chi connectivity index (χ0n) is 4.35. The Hall–Kier alpha value is -1.05. The molecule has 0 fully saturated rings. The quantitative estimate of drug-likeness (QED) is 0.535. The Kier molecular flexibility index (Phi) is 1.16. The Bertz CT molecular complexity index is 176. The molecule has 1 aromatic rings. The second-order valence-electron chi connectivity index (χ2n) is 1.52. The van der Waals surface area contributed by atoms with Gasteiger partial charge in [0.1, 0.15) is 0 Å². The Morgan fingerprint density at radius 2 is 2.50 bits per heavy atom. The van der Waals surface area contributed by atoms with Crippen molar-refractivity contribution in [2.45, 2.75) is 0 Å². The lowest BCUT2D eigenvalue weighted by molar-refractivity contribution is 0.104. The summed E-state index contributed by atoms with van der Waals surface area (Å²) < 4.78 is 0. The molecule has 1 rings (SSSR count). The number of hydrogen-bond acceptors (Lipinski definition) is 1. The SMILES string of the molecule is [CH2]C(=O)c1cc[nH]c1. The molecule has 2 nitrogen and oxygen atoms in total. The zero-order valence-corrected chi connectivity index (χ0v) is 4.35. The highest BCUT2D eigenvalue weighted by molar-refractivity contribution is 5.99. The topological polar surface area (TPSA) is 32.9 Å². The van der Waals surface area contributed by atoms with Crippen LogP contribution in [0.2, 0.25) is 0 Å². The molecule has 1 aromatic heterocycles. The number of carbonyl (C=O) groups is 1. The molecule has 0 bridgehead atoms. The first-order chi connectivity index (χ1) is 3.80. The van der Waals surface area contributed by atoms with Crippen molar-refractivity contribution in [3.63, 3.8) is 0 Å². The smallest absolute Gasteiger partial charge is 0.164 e. The first-order valence-electron chi connectivity index (χ1n) is 2.30. The number of H-pyrrole nitrogens is 1. The van der Waals surface area contributed by atoms with Gasteiger partial charge in [0.2, 0.25) is 0 Å². The van der Waals surface area contributed by atoms with E-state index >= 15 is 0 Å². The van der Waals surface area contributed by atoms with Gasteiger partial charge in [0.25, 0.3) is 0 Å². The largest absolute Gasteiger partial charge is 0.367 e. The van der Waals surface area contributed by atoms with Crippen LogP contribution >= 0.6 is 0 Å². The Morgan fingerprint density at radius 1 is 1.75 bits per heavy atom. The Morgan fingerprint density at radius 3 is 2.75 bits per heavy atom. The van der Waals surface area contributed by atoms with Crippen LogP contribution in [0.25, 0.3) is 0 Å². The van der Waals surface area contributed by atoms with E-state index in [0.29, 0.717) is 5.56 Å². The average Bonchev–Trinajstić information content (AvgIpc) is 2.12. The van der Waals surface area contributed by atoms with E-state index in [4.69, 9.17) is 0 Å². The summed E-state index contributed by atoms with van der Waals surface area (Å²) in [7, 11) is 0. The van der Waals surface area contributed by atoms with E-state index in [1.807, 2.05) is 0 Å². The van der Waals surface area contributed by atoms with E-state index in [0.717, 1.165) is 0 Å². The van der Waals surface area contributed by atoms with Gasteiger partial charge in [0, 0.05) is 24.9 Å². The first kappa shape index (κ1) is 5.09. The van der Waals surface area contributed by atoms with Crippen LogP contribution in [0.3, 0.4) is 0 Å². The maximum absolute atomic E-state index is 10.4. The average molecular weight is 108 g/mol. The standard InChI is InChI=1S/C6H6NO/c1-5(8)6-2-3-7-4-6/h2-4,7H,1H2. The highest BCUT2D eigenvalue weighted by Gasteiger charge is 1.94. The maximum Gasteiger partial charge on any atom is 0.164 e. The van der Waals surface area contributed by atoms with E-state index in [1.54, 1.807) is 18.5 Å². The van der Waals surface area contributed by atoms with E-state index in [2.05, 4.69) is 11.9 Å². The van der Waals surface area contributed by atoms with Gasteiger partial charge in [0.15, 0.2) is 5.78 Å². The van der Waals surface area contributed by atoms with Crippen molar-refractivity contribution < 1.29 is 4.79 Å². The molecule has 41 valence electrons. The van der Waals surface area contributed by atoms with E-state index in [1.165, 1.54) is 0 Å². The number of aromatic amines is 1. The predicted molar refractivity (Wildman–Crippen MR) is 30.5 cm³/mol. The van der Waals surface area contributed by atoms with Gasteiger partial charge in [0.05, 0.1) is 0 Å². The summed E-state index contributed by atoms with van der Waals surface area (Å²) >= 11 is 0. The summed E-state index contributed by atoms with van der Waals surface area (Å²) in [6.07, 6.45) is 3.31. The summed E-state index contributed by atoms with van der Waals surface area (Å²) in [6, 6.07) is 1.69. The van der Waals surface area contributed by atoms with Crippen LogP contribution < -0.4 is 0 Å². The molecule has 1 radical (unpaired) electrons. The van der Waals surface area contributed by atoms with Gasteiger partial charge in [-0.3, -0.25) is 4.79 Å². The van der Waals surface area contributed by atoms with Crippen LogP contribution in [-0.2, 0) is 0 Å². The van der Waals surface area contributed by atoms with Gasteiger partial charge < -0.3 is 4.98 Å². The lowest BCUT2D eigenvalue weighted by Crippen LogP contribution is -1.86. The molecule has 2 heteroatoms. The van der Waals surface area contributed by atoms with Crippen molar-refractivity contribution >= 4 is 5.78 Å². The molecule has 1 heterocycles. The summed E-state index contributed by atoms with van der Waals surface area (Å²) in [5, 5.41) is 0. The lowest BCUT2D eigenvalue weighted by Gasteiger charge is -1.79. The molecule has 0 aliphatic heterocycles. The summed E-state index contributed by atoms with van der Waals surface area (Å²) in [4.78, 5) is 13.1. The molecule has 0 atom stereocenters. The minimum absolute atomic E-state index is 0.147. The molecule has 0 amide bonds. The maximum atomic E-state index is 10.4. The minimum atomic E-state index is -0.147. The third kappa shape index (κ3) is 0.780. The number of ketones is 1. The summed E-state index contributed by atoms with van der Waals surface area (Å²) in [5.74, 6) is -0.147. The molecule has 0 aliphatic carbocycles. The monoisotopic (exact) mass is 108 g/mol. The molecule has 0 saturated heterocycles. The molecule has 0 aromatic carbocycles. The van der Waals surface area contributed by atoms with E-state index in [-0.39, 0.29) is 5.78 Å². The normalized spacial score (nSPS) is 9.12. The van der Waals surface area contributed by atoms with Crippen LogP contribution in [0, 0.1) is 6.92 Å². The van der Waals surface area contributed by atoms with Crippen molar-refractivity contribution in [3.8, 4) is 0 Å². The van der Waals surface area contributed by atoms with Crippen LogP contribution in [0.4, 0.5) is 0 Å². The van der Waals surface area contributed by atoms with Gasteiger partial charge in [-0.15, -0.1) is 0 Å². The number of nitrogens with one attached hydrogen (secondary N) is 1. The fourth-order valence-corrected chi connectivity index (χ4v) is 0.497. The zero-order chi connectivity index (χ0) is 5.98. The van der Waals surface area contributed by atoms with Crippen LogP contribution in [0.1, 0.15) is 10.4 Å². The number of aromatic nitrogens is 1. The second-order valence-corrected chi connectivity index (χ2v) is 1.52. The van der Waals surface area contributed by atoms with Gasteiger partial charge >= 0.3 is 0 Å². The number of hydrogen-bond donors (Lipinski definition) is 1. The van der Waals surface area contributed by atoms with Crippen LogP contribution in [-0.4, -0.2) is 10.8 Å². The molecule has 1 N–H and O–H groups in total. The third-order valence-electron chi connectivity index (χ3n) is 0.920. The fourth-order valence-electron chi connectivity index (χ4n) is 0.497. The molecule has 8 heavy (non-hydrogen) atoms. The van der Waals surface area contributed by atoms with Gasteiger partial charge in [-0.1, -0.05) is 0 Å². The van der Waals surface area contributed by atoms with Gasteiger partial charge in [-0.25, -0.2) is 0 Å².